The molecule has 4 heterocycles. The van der Waals surface area contributed by atoms with E-state index in [1.54, 1.807) is 24.4 Å². The molecule has 0 spiro atoms. The highest BCUT2D eigenvalue weighted by molar-refractivity contribution is 6.30. The first-order chi connectivity index (χ1) is 15.9. The lowest BCUT2D eigenvalue weighted by atomic mass is 10.1. The Bertz CT molecular complexity index is 1370. The number of fused-ring (bicyclic) bond motifs is 1. The van der Waals surface area contributed by atoms with E-state index in [1.165, 1.54) is 10.6 Å². The van der Waals surface area contributed by atoms with Gasteiger partial charge in [0.25, 0.3) is 5.56 Å². The predicted octanol–water partition coefficient (Wildman–Crippen LogP) is 4.85. The summed E-state index contributed by atoms with van der Waals surface area (Å²) in [5, 5.41) is 0.987. The summed E-state index contributed by atoms with van der Waals surface area (Å²) in [4.78, 5) is 22.9. The van der Waals surface area contributed by atoms with E-state index in [-0.39, 0.29) is 29.3 Å². The molecule has 0 unspecified atom stereocenters. The summed E-state index contributed by atoms with van der Waals surface area (Å²) in [7, 11) is 0. The fraction of sp³-hybridized carbons (Fsp3) is 0.280. The maximum atomic E-state index is 14.3. The summed E-state index contributed by atoms with van der Waals surface area (Å²) < 4.78 is 21.6. The lowest BCUT2D eigenvalue weighted by molar-refractivity contribution is -0.00522. The molecule has 1 N–H and O–H groups in total. The molecule has 0 saturated carbocycles. The van der Waals surface area contributed by atoms with E-state index in [2.05, 4.69) is 34.8 Å². The van der Waals surface area contributed by atoms with Crippen LogP contribution in [-0.2, 0) is 11.3 Å². The summed E-state index contributed by atoms with van der Waals surface area (Å²) in [6, 6.07) is 10.3. The van der Waals surface area contributed by atoms with Crippen LogP contribution < -0.4 is 10.5 Å². The zero-order valence-electron chi connectivity index (χ0n) is 18.4. The third kappa shape index (κ3) is 4.26. The second-order valence-corrected chi connectivity index (χ2v) is 8.96. The fourth-order valence-electron chi connectivity index (χ4n) is 4.45. The number of morpholine rings is 1. The summed E-state index contributed by atoms with van der Waals surface area (Å²) >= 11 is 5.87. The van der Waals surface area contributed by atoms with E-state index in [0.717, 1.165) is 40.9 Å². The molecule has 3 aromatic heterocycles. The molecular weight excluding hydrogens is 443 g/mol. The Balaban J connectivity index is 1.47. The van der Waals surface area contributed by atoms with Gasteiger partial charge in [0.1, 0.15) is 11.5 Å². The molecule has 0 aliphatic carbocycles. The number of hydrogen-bond acceptors (Lipinski definition) is 4. The van der Waals surface area contributed by atoms with Crippen molar-refractivity contribution in [2.45, 2.75) is 32.6 Å². The summed E-state index contributed by atoms with van der Waals surface area (Å²) in [5.74, 6) is -0.503. The molecule has 33 heavy (non-hydrogen) atoms. The minimum Gasteiger partial charge on any atom is -0.372 e. The molecule has 8 heteroatoms. The molecule has 0 amide bonds. The van der Waals surface area contributed by atoms with Gasteiger partial charge in [-0.25, -0.2) is 9.37 Å². The number of nitrogens with one attached hydrogen (secondary N) is 1. The minimum atomic E-state index is -0.503. The first-order valence-corrected chi connectivity index (χ1v) is 11.3. The predicted molar refractivity (Wildman–Crippen MR) is 129 cm³/mol. The van der Waals surface area contributed by atoms with Crippen LogP contribution in [0.1, 0.15) is 19.4 Å². The van der Waals surface area contributed by atoms with Crippen molar-refractivity contribution in [3.63, 3.8) is 0 Å². The van der Waals surface area contributed by atoms with Gasteiger partial charge in [-0.1, -0.05) is 23.7 Å². The van der Waals surface area contributed by atoms with E-state index in [0.29, 0.717) is 5.56 Å². The number of rotatable bonds is 4. The molecule has 0 radical (unpaired) electrons. The number of aromatic nitrogens is 3. The van der Waals surface area contributed by atoms with Crippen LogP contribution in [0.5, 0.6) is 0 Å². The Morgan fingerprint density at radius 2 is 2.00 bits per heavy atom. The number of H-pyrrole nitrogens is 1. The highest BCUT2D eigenvalue weighted by Crippen LogP contribution is 2.31. The van der Waals surface area contributed by atoms with Gasteiger partial charge in [-0.15, -0.1) is 0 Å². The molecule has 1 fully saturated rings. The zero-order valence-corrected chi connectivity index (χ0v) is 19.1. The average Bonchev–Trinajstić information content (AvgIpc) is 3.21. The van der Waals surface area contributed by atoms with Crippen molar-refractivity contribution in [1.82, 2.24) is 14.5 Å². The number of anilines is 1. The van der Waals surface area contributed by atoms with Gasteiger partial charge in [0, 0.05) is 48.1 Å². The molecule has 1 saturated heterocycles. The van der Waals surface area contributed by atoms with Crippen molar-refractivity contribution in [3.05, 3.63) is 81.7 Å². The Morgan fingerprint density at radius 3 is 2.76 bits per heavy atom. The SMILES string of the molecule is C[C@@H]1CN(c2cnc3[nH]cc(-c4ccn(Cc5cccc(Cl)c5F)c(=O)c4)c3c2)C[C@@H](C)O1. The molecule has 2 atom stereocenters. The highest BCUT2D eigenvalue weighted by atomic mass is 35.5. The Morgan fingerprint density at radius 1 is 1.21 bits per heavy atom. The van der Waals surface area contributed by atoms with Crippen LogP contribution >= 0.6 is 11.6 Å². The van der Waals surface area contributed by atoms with Crippen LogP contribution in [0, 0.1) is 5.82 Å². The van der Waals surface area contributed by atoms with Crippen LogP contribution in [-0.4, -0.2) is 39.8 Å². The molecule has 170 valence electrons. The molecule has 1 aliphatic heterocycles. The molecule has 1 aromatic carbocycles. The second-order valence-electron chi connectivity index (χ2n) is 8.55. The molecule has 1 aliphatic rings. The summed E-state index contributed by atoms with van der Waals surface area (Å²) in [6.07, 6.45) is 5.70. The highest BCUT2D eigenvalue weighted by Gasteiger charge is 2.23. The summed E-state index contributed by atoms with van der Waals surface area (Å²) in [5.41, 5.74) is 3.60. The molecule has 5 rings (SSSR count). The first kappa shape index (κ1) is 21.7. The Hall–Kier alpha value is -3.16. The van der Waals surface area contributed by atoms with Crippen molar-refractivity contribution < 1.29 is 9.13 Å². The number of pyridine rings is 2. The smallest absolute Gasteiger partial charge is 0.251 e. The van der Waals surface area contributed by atoms with Gasteiger partial charge in [0.2, 0.25) is 0 Å². The maximum absolute atomic E-state index is 14.3. The van der Waals surface area contributed by atoms with Crippen molar-refractivity contribution >= 4 is 28.3 Å². The van der Waals surface area contributed by atoms with Crippen molar-refractivity contribution in [1.29, 1.82) is 0 Å². The lowest BCUT2D eigenvalue weighted by Crippen LogP contribution is -2.45. The van der Waals surface area contributed by atoms with Gasteiger partial charge in [-0.3, -0.25) is 4.79 Å². The van der Waals surface area contributed by atoms with E-state index in [1.807, 2.05) is 18.5 Å². The number of nitrogens with zero attached hydrogens (tertiary/aromatic N) is 3. The van der Waals surface area contributed by atoms with Gasteiger partial charge in [0.05, 0.1) is 35.7 Å². The van der Waals surface area contributed by atoms with Crippen LogP contribution in [0.3, 0.4) is 0 Å². The van der Waals surface area contributed by atoms with Crippen LogP contribution in [0.15, 0.2) is 59.8 Å². The quantitative estimate of drug-likeness (QED) is 0.467. The van der Waals surface area contributed by atoms with Crippen LogP contribution in [0.2, 0.25) is 5.02 Å². The monoisotopic (exact) mass is 466 g/mol. The van der Waals surface area contributed by atoms with Gasteiger partial charge in [-0.05, 0) is 37.6 Å². The number of benzene rings is 1. The van der Waals surface area contributed by atoms with E-state index in [4.69, 9.17) is 16.3 Å². The topological polar surface area (TPSA) is 63.2 Å². The zero-order chi connectivity index (χ0) is 23.1. The number of halogens is 2. The van der Waals surface area contributed by atoms with E-state index >= 15 is 0 Å². The second kappa shape index (κ2) is 8.65. The van der Waals surface area contributed by atoms with Crippen molar-refractivity contribution in [3.8, 4) is 11.1 Å². The Labute approximate surface area is 195 Å². The van der Waals surface area contributed by atoms with Crippen LogP contribution in [0.4, 0.5) is 10.1 Å². The molecule has 6 nitrogen and oxygen atoms in total. The third-order valence-corrected chi connectivity index (χ3v) is 6.27. The minimum absolute atomic E-state index is 0.0447. The Kier molecular flexibility index (Phi) is 5.68. The largest absolute Gasteiger partial charge is 0.372 e. The van der Waals surface area contributed by atoms with Crippen molar-refractivity contribution in [2.75, 3.05) is 18.0 Å². The molecular formula is C25H24ClFN4O2. The van der Waals surface area contributed by atoms with Gasteiger partial charge in [0.15, 0.2) is 0 Å². The number of aromatic amines is 1. The number of ether oxygens (including phenoxy) is 1. The van der Waals surface area contributed by atoms with Crippen LogP contribution in [0.25, 0.3) is 22.2 Å². The van der Waals surface area contributed by atoms with Gasteiger partial charge < -0.3 is 19.2 Å². The standard InChI is InChI=1S/C25H24ClFN4O2/c1-15-12-31(13-16(2)33-15)19-9-20-21(11-29-25(20)28-10-19)17-6-7-30(23(32)8-17)14-18-4-3-5-22(26)24(18)27/h3-11,15-16H,12-14H2,1-2H3,(H,28,29)/t15-,16-/m1/s1. The van der Waals surface area contributed by atoms with E-state index in [9.17, 15) is 9.18 Å². The lowest BCUT2D eigenvalue weighted by Gasteiger charge is -2.36. The normalized spacial score (nSPS) is 18.7. The maximum Gasteiger partial charge on any atom is 0.251 e. The molecule has 0 bridgehead atoms. The number of hydrogen-bond donors (Lipinski definition) is 1. The average molecular weight is 467 g/mol. The molecule has 4 aromatic rings. The first-order valence-electron chi connectivity index (χ1n) is 10.9. The van der Waals surface area contributed by atoms with Crippen molar-refractivity contribution in [2.24, 2.45) is 0 Å². The fourth-order valence-corrected chi connectivity index (χ4v) is 4.65. The van der Waals surface area contributed by atoms with Gasteiger partial charge >= 0.3 is 0 Å². The summed E-state index contributed by atoms with van der Waals surface area (Å²) in [6.45, 7) is 5.85. The van der Waals surface area contributed by atoms with Gasteiger partial charge in [-0.2, -0.15) is 0 Å². The van der Waals surface area contributed by atoms with E-state index < -0.39 is 5.82 Å². The third-order valence-electron chi connectivity index (χ3n) is 5.98.